The zero-order valence-electron chi connectivity index (χ0n) is 8.99. The lowest BCUT2D eigenvalue weighted by Crippen LogP contribution is -1.93. The Morgan fingerprint density at radius 2 is 1.93 bits per heavy atom. The van der Waals surface area contributed by atoms with Crippen molar-refractivity contribution < 1.29 is 0 Å². The maximum Gasteiger partial charge on any atom is 0.0745 e. The molecule has 0 spiro atoms. The van der Waals surface area contributed by atoms with E-state index in [9.17, 15) is 0 Å². The van der Waals surface area contributed by atoms with E-state index in [4.69, 9.17) is 0 Å². The van der Waals surface area contributed by atoms with Crippen LogP contribution >= 0.6 is 0 Å². The van der Waals surface area contributed by atoms with Crippen molar-refractivity contribution in [3.8, 4) is 11.3 Å². The van der Waals surface area contributed by atoms with Gasteiger partial charge in [-0.05, 0) is 29.7 Å². The molecule has 0 aliphatic heterocycles. The zero-order chi connectivity index (χ0) is 10.4. The number of benzene rings is 1. The highest BCUT2D eigenvalue weighted by molar-refractivity contribution is 5.76. The lowest BCUT2D eigenvalue weighted by atomic mass is 9.97. The molecule has 1 nitrogen and oxygen atoms in total. The van der Waals surface area contributed by atoms with Crippen LogP contribution in [0.1, 0.15) is 29.5 Å². The summed E-state index contributed by atoms with van der Waals surface area (Å²) in [7, 11) is 0. The summed E-state index contributed by atoms with van der Waals surface area (Å²) >= 11 is 0. The second-order valence-corrected chi connectivity index (χ2v) is 4.20. The van der Waals surface area contributed by atoms with E-state index >= 15 is 0 Å². The lowest BCUT2D eigenvalue weighted by molar-refractivity contribution is 0.938. The Bertz CT molecular complexity index is 529. The molecule has 1 heterocycles. The Hall–Kier alpha value is -1.63. The van der Waals surface area contributed by atoms with E-state index in [1.807, 2.05) is 6.20 Å². The van der Waals surface area contributed by atoms with Crippen LogP contribution in [0.25, 0.3) is 11.3 Å². The highest BCUT2D eigenvalue weighted by atomic mass is 14.7. The largest absolute Gasteiger partial charge is 0.256 e. The third kappa shape index (κ3) is 1.06. The van der Waals surface area contributed by atoms with E-state index < -0.39 is 0 Å². The summed E-state index contributed by atoms with van der Waals surface area (Å²) in [5.74, 6) is 0.491. The maximum absolute atomic E-state index is 4.51. The quantitative estimate of drug-likeness (QED) is 0.626. The van der Waals surface area contributed by atoms with E-state index in [-0.39, 0.29) is 0 Å². The number of hydrogen-bond donors (Lipinski definition) is 0. The van der Waals surface area contributed by atoms with Crippen LogP contribution in [0.4, 0.5) is 0 Å². The molecule has 15 heavy (non-hydrogen) atoms. The molecule has 1 atom stereocenters. The van der Waals surface area contributed by atoms with Crippen LogP contribution in [0.2, 0.25) is 0 Å². The lowest BCUT2D eigenvalue weighted by Gasteiger charge is -2.08. The highest BCUT2D eigenvalue weighted by Gasteiger charge is 2.26. The molecule has 0 saturated carbocycles. The van der Waals surface area contributed by atoms with Crippen LogP contribution in [-0.2, 0) is 0 Å². The second kappa shape index (κ2) is 2.93. The number of rotatable bonds is 0. The number of pyridine rings is 1. The highest BCUT2D eigenvalue weighted by Crippen LogP contribution is 2.44. The molecular weight excluding hydrogens is 182 g/mol. The normalized spacial score (nSPS) is 17.3. The molecule has 0 radical (unpaired) electrons. The summed E-state index contributed by atoms with van der Waals surface area (Å²) < 4.78 is 0. The van der Waals surface area contributed by atoms with E-state index in [2.05, 4.69) is 49.2 Å². The predicted molar refractivity (Wildman–Crippen MR) is 61.9 cm³/mol. The van der Waals surface area contributed by atoms with Gasteiger partial charge in [-0.3, -0.25) is 4.98 Å². The van der Waals surface area contributed by atoms with Gasteiger partial charge in [-0.2, -0.15) is 0 Å². The Morgan fingerprint density at radius 1 is 1.13 bits per heavy atom. The molecule has 0 saturated heterocycles. The van der Waals surface area contributed by atoms with Crippen molar-refractivity contribution in [2.24, 2.45) is 0 Å². The van der Waals surface area contributed by atoms with Crippen molar-refractivity contribution >= 4 is 0 Å². The second-order valence-electron chi connectivity index (χ2n) is 4.20. The van der Waals surface area contributed by atoms with Gasteiger partial charge in [-0.1, -0.05) is 31.2 Å². The van der Waals surface area contributed by atoms with Gasteiger partial charge in [-0.15, -0.1) is 0 Å². The SMILES string of the molecule is Cc1ccnc2c1C(C)c1ccccc1-2. The molecule has 0 fully saturated rings. The summed E-state index contributed by atoms with van der Waals surface area (Å²) in [6.07, 6.45) is 1.91. The number of fused-ring (bicyclic) bond motifs is 3. The first kappa shape index (κ1) is 8.66. The van der Waals surface area contributed by atoms with Crippen LogP contribution < -0.4 is 0 Å². The van der Waals surface area contributed by atoms with Gasteiger partial charge >= 0.3 is 0 Å². The fourth-order valence-corrected chi connectivity index (χ4v) is 2.58. The van der Waals surface area contributed by atoms with Gasteiger partial charge in [0.2, 0.25) is 0 Å². The molecule has 2 aromatic rings. The molecular formula is C14H13N. The first-order valence-corrected chi connectivity index (χ1v) is 5.34. The van der Waals surface area contributed by atoms with Gasteiger partial charge in [0.25, 0.3) is 0 Å². The maximum atomic E-state index is 4.51. The van der Waals surface area contributed by atoms with Gasteiger partial charge in [0.15, 0.2) is 0 Å². The molecule has 1 aromatic heterocycles. The van der Waals surface area contributed by atoms with Gasteiger partial charge < -0.3 is 0 Å². The molecule has 74 valence electrons. The van der Waals surface area contributed by atoms with Gasteiger partial charge in [0.1, 0.15) is 0 Å². The topological polar surface area (TPSA) is 12.9 Å². The van der Waals surface area contributed by atoms with Crippen molar-refractivity contribution in [1.29, 1.82) is 0 Å². The Morgan fingerprint density at radius 3 is 2.80 bits per heavy atom. The van der Waals surface area contributed by atoms with Crippen molar-refractivity contribution in [3.05, 3.63) is 53.2 Å². The van der Waals surface area contributed by atoms with Crippen molar-refractivity contribution in [2.45, 2.75) is 19.8 Å². The average molecular weight is 195 g/mol. The summed E-state index contributed by atoms with van der Waals surface area (Å²) in [5, 5.41) is 0. The fraction of sp³-hybridized carbons (Fsp3) is 0.214. The summed E-state index contributed by atoms with van der Waals surface area (Å²) in [6, 6.07) is 10.7. The first-order chi connectivity index (χ1) is 7.29. The molecule has 0 N–H and O–H groups in total. The van der Waals surface area contributed by atoms with Crippen molar-refractivity contribution in [3.63, 3.8) is 0 Å². The van der Waals surface area contributed by atoms with E-state index in [1.165, 1.54) is 27.9 Å². The number of hydrogen-bond acceptors (Lipinski definition) is 1. The molecule has 0 bridgehead atoms. The zero-order valence-corrected chi connectivity index (χ0v) is 8.99. The predicted octanol–water partition coefficient (Wildman–Crippen LogP) is 3.52. The monoisotopic (exact) mass is 195 g/mol. The molecule has 1 aliphatic rings. The van der Waals surface area contributed by atoms with E-state index in [0.29, 0.717) is 5.92 Å². The smallest absolute Gasteiger partial charge is 0.0745 e. The minimum atomic E-state index is 0.491. The number of aryl methyl sites for hydroxylation is 1. The summed E-state index contributed by atoms with van der Waals surface area (Å²) in [5.41, 5.74) is 6.65. The Labute approximate surface area is 89.8 Å². The van der Waals surface area contributed by atoms with Gasteiger partial charge in [0.05, 0.1) is 5.69 Å². The molecule has 0 amide bonds. The number of aromatic nitrogens is 1. The van der Waals surface area contributed by atoms with Gasteiger partial charge in [0, 0.05) is 17.7 Å². The molecule has 1 aliphatic carbocycles. The van der Waals surface area contributed by atoms with Gasteiger partial charge in [-0.25, -0.2) is 0 Å². The minimum absolute atomic E-state index is 0.491. The van der Waals surface area contributed by atoms with Crippen molar-refractivity contribution in [2.75, 3.05) is 0 Å². The Balaban J connectivity index is 2.37. The minimum Gasteiger partial charge on any atom is -0.256 e. The van der Waals surface area contributed by atoms with Crippen LogP contribution in [0.15, 0.2) is 36.5 Å². The van der Waals surface area contributed by atoms with Crippen LogP contribution in [0.5, 0.6) is 0 Å². The van der Waals surface area contributed by atoms with Crippen LogP contribution in [0, 0.1) is 6.92 Å². The first-order valence-electron chi connectivity index (χ1n) is 5.34. The number of nitrogens with zero attached hydrogens (tertiary/aromatic N) is 1. The van der Waals surface area contributed by atoms with E-state index in [1.54, 1.807) is 0 Å². The molecule has 1 aromatic carbocycles. The summed E-state index contributed by atoms with van der Waals surface area (Å²) in [4.78, 5) is 4.51. The van der Waals surface area contributed by atoms with Crippen LogP contribution in [0.3, 0.4) is 0 Å². The molecule has 1 unspecified atom stereocenters. The van der Waals surface area contributed by atoms with E-state index in [0.717, 1.165) is 0 Å². The standard InChI is InChI=1S/C14H13N/c1-9-7-8-15-14-12-6-4-3-5-11(12)10(2)13(9)14/h3-8,10H,1-2H3. The summed E-state index contributed by atoms with van der Waals surface area (Å²) in [6.45, 7) is 4.43. The third-order valence-corrected chi connectivity index (χ3v) is 3.32. The molecule has 3 rings (SSSR count). The Kier molecular flexibility index (Phi) is 1.69. The van der Waals surface area contributed by atoms with Crippen molar-refractivity contribution in [1.82, 2.24) is 4.98 Å². The average Bonchev–Trinajstić information content (AvgIpc) is 2.55. The van der Waals surface area contributed by atoms with Crippen LogP contribution in [-0.4, -0.2) is 4.98 Å². The fourth-order valence-electron chi connectivity index (χ4n) is 2.58. The molecule has 1 heteroatoms. The third-order valence-electron chi connectivity index (χ3n) is 3.32.